The van der Waals surface area contributed by atoms with Crippen molar-refractivity contribution in [2.75, 3.05) is 25.4 Å². The maximum absolute atomic E-state index is 12.0. The Balaban J connectivity index is 1.82. The number of carboxylic acids is 1. The van der Waals surface area contributed by atoms with Crippen molar-refractivity contribution in [3.63, 3.8) is 0 Å². The lowest BCUT2D eigenvalue weighted by molar-refractivity contribution is -0.141. The summed E-state index contributed by atoms with van der Waals surface area (Å²) < 4.78 is 24.1. The molecular formula is C14H18N2O5S. The van der Waals surface area contributed by atoms with Crippen LogP contribution in [0.4, 0.5) is 4.79 Å². The molecule has 120 valence electrons. The molecule has 1 atom stereocenters. The van der Waals surface area contributed by atoms with Crippen molar-refractivity contribution in [3.8, 4) is 0 Å². The summed E-state index contributed by atoms with van der Waals surface area (Å²) in [5.41, 5.74) is 0. The number of urea groups is 1. The van der Waals surface area contributed by atoms with Crippen LogP contribution in [0.1, 0.15) is 6.42 Å². The normalized spacial score (nSPS) is 18.2. The van der Waals surface area contributed by atoms with Crippen molar-refractivity contribution in [1.82, 2.24) is 10.2 Å². The number of benzene rings is 1. The molecule has 0 radical (unpaired) electrons. The molecule has 1 fully saturated rings. The number of carboxylic acid groups (broad SMARTS) is 1. The zero-order chi connectivity index (χ0) is 16.2. The van der Waals surface area contributed by atoms with Gasteiger partial charge in [-0.3, -0.25) is 4.79 Å². The molecule has 1 aliphatic heterocycles. The summed E-state index contributed by atoms with van der Waals surface area (Å²) in [5, 5.41) is 11.4. The number of amides is 2. The van der Waals surface area contributed by atoms with E-state index in [0.717, 1.165) is 0 Å². The van der Waals surface area contributed by atoms with Crippen molar-refractivity contribution in [2.24, 2.45) is 5.92 Å². The average Bonchev–Trinajstić information content (AvgIpc) is 2.98. The van der Waals surface area contributed by atoms with Crippen molar-refractivity contribution < 1.29 is 23.1 Å². The molecule has 2 N–H and O–H groups in total. The maximum Gasteiger partial charge on any atom is 0.317 e. The lowest BCUT2D eigenvalue weighted by Crippen LogP contribution is -2.40. The molecule has 1 aliphatic rings. The standard InChI is InChI=1S/C14H18N2O5S/c17-13(18)11-6-8-16(10-11)14(19)15-7-9-22(20,21)12-4-2-1-3-5-12/h1-5,11H,6-10H2,(H,15,19)(H,17,18). The Morgan fingerprint density at radius 1 is 1.27 bits per heavy atom. The van der Waals surface area contributed by atoms with Crippen LogP contribution in [-0.4, -0.2) is 55.8 Å². The van der Waals surface area contributed by atoms with Crippen molar-refractivity contribution >= 4 is 21.8 Å². The first-order valence-corrected chi connectivity index (χ1v) is 8.59. The summed E-state index contributed by atoms with van der Waals surface area (Å²) in [6, 6.07) is 7.60. The minimum Gasteiger partial charge on any atom is -0.481 e. The minimum atomic E-state index is -3.43. The first-order chi connectivity index (χ1) is 10.4. The first-order valence-electron chi connectivity index (χ1n) is 6.93. The lowest BCUT2D eigenvalue weighted by Gasteiger charge is -2.16. The molecule has 1 unspecified atom stereocenters. The van der Waals surface area contributed by atoms with E-state index in [1.165, 1.54) is 17.0 Å². The highest BCUT2D eigenvalue weighted by Gasteiger charge is 2.30. The Hall–Kier alpha value is -2.09. The van der Waals surface area contributed by atoms with Gasteiger partial charge in [0.05, 0.1) is 16.6 Å². The number of nitrogens with zero attached hydrogens (tertiary/aromatic N) is 1. The van der Waals surface area contributed by atoms with Gasteiger partial charge in [0, 0.05) is 19.6 Å². The second-order valence-corrected chi connectivity index (χ2v) is 7.24. The highest BCUT2D eigenvalue weighted by atomic mass is 32.2. The smallest absolute Gasteiger partial charge is 0.317 e. The summed E-state index contributed by atoms with van der Waals surface area (Å²) in [6.45, 7) is 0.519. The zero-order valence-corrected chi connectivity index (χ0v) is 12.8. The van der Waals surface area contributed by atoms with E-state index in [1.54, 1.807) is 18.2 Å². The van der Waals surface area contributed by atoms with Gasteiger partial charge in [0.15, 0.2) is 9.84 Å². The second-order valence-electron chi connectivity index (χ2n) is 5.13. The first kappa shape index (κ1) is 16.3. The number of hydrogen-bond donors (Lipinski definition) is 2. The third-order valence-electron chi connectivity index (χ3n) is 3.57. The summed E-state index contributed by atoms with van der Waals surface area (Å²) in [5.74, 6) is -1.65. The van der Waals surface area contributed by atoms with Crippen LogP contribution in [-0.2, 0) is 14.6 Å². The number of carbonyl (C=O) groups excluding carboxylic acids is 1. The number of likely N-dealkylation sites (tertiary alicyclic amines) is 1. The molecule has 7 nitrogen and oxygen atoms in total. The van der Waals surface area contributed by atoms with E-state index in [-0.39, 0.29) is 23.7 Å². The van der Waals surface area contributed by atoms with Gasteiger partial charge in [-0.2, -0.15) is 0 Å². The number of carbonyl (C=O) groups is 2. The fourth-order valence-electron chi connectivity index (χ4n) is 2.30. The average molecular weight is 326 g/mol. The van der Waals surface area contributed by atoms with E-state index in [2.05, 4.69) is 5.32 Å². The van der Waals surface area contributed by atoms with Crippen LogP contribution in [0, 0.1) is 5.92 Å². The third-order valence-corrected chi connectivity index (χ3v) is 5.31. The summed E-state index contributed by atoms with van der Waals surface area (Å²) in [7, 11) is -3.43. The van der Waals surface area contributed by atoms with E-state index in [1.807, 2.05) is 0 Å². The fraction of sp³-hybridized carbons (Fsp3) is 0.429. The molecular weight excluding hydrogens is 308 g/mol. The summed E-state index contributed by atoms with van der Waals surface area (Å²) in [4.78, 5) is 24.3. The molecule has 0 bridgehead atoms. The number of aliphatic carboxylic acids is 1. The lowest BCUT2D eigenvalue weighted by atomic mass is 10.1. The number of sulfone groups is 1. The van der Waals surface area contributed by atoms with E-state index in [4.69, 9.17) is 5.11 Å². The van der Waals surface area contributed by atoms with E-state index >= 15 is 0 Å². The zero-order valence-electron chi connectivity index (χ0n) is 11.9. The summed E-state index contributed by atoms with van der Waals surface area (Å²) >= 11 is 0. The van der Waals surface area contributed by atoms with Crippen LogP contribution in [0.3, 0.4) is 0 Å². The van der Waals surface area contributed by atoms with Crippen LogP contribution < -0.4 is 5.32 Å². The van der Waals surface area contributed by atoms with Gasteiger partial charge in [0.1, 0.15) is 0 Å². The molecule has 0 aromatic heterocycles. The topological polar surface area (TPSA) is 104 Å². The Labute approximate surface area is 128 Å². The predicted octanol–water partition coefficient (Wildman–Crippen LogP) is 0.576. The van der Waals surface area contributed by atoms with Crippen molar-refractivity contribution in [2.45, 2.75) is 11.3 Å². The number of rotatable bonds is 5. The van der Waals surface area contributed by atoms with Gasteiger partial charge in [0.2, 0.25) is 0 Å². The number of hydrogen-bond acceptors (Lipinski definition) is 4. The van der Waals surface area contributed by atoms with Crippen LogP contribution in [0.2, 0.25) is 0 Å². The molecule has 1 heterocycles. The van der Waals surface area contributed by atoms with Gasteiger partial charge in [0.25, 0.3) is 0 Å². The van der Waals surface area contributed by atoms with E-state index in [0.29, 0.717) is 13.0 Å². The van der Waals surface area contributed by atoms with E-state index in [9.17, 15) is 18.0 Å². The molecule has 0 spiro atoms. The van der Waals surface area contributed by atoms with Crippen molar-refractivity contribution in [3.05, 3.63) is 30.3 Å². The van der Waals surface area contributed by atoms with Gasteiger partial charge < -0.3 is 15.3 Å². The second kappa shape index (κ2) is 6.78. The molecule has 22 heavy (non-hydrogen) atoms. The SMILES string of the molecule is O=C(O)C1CCN(C(=O)NCCS(=O)(=O)c2ccccc2)C1. The van der Waals surface area contributed by atoms with Crippen LogP contribution in [0.5, 0.6) is 0 Å². The highest BCUT2D eigenvalue weighted by molar-refractivity contribution is 7.91. The van der Waals surface area contributed by atoms with E-state index < -0.39 is 27.8 Å². The molecule has 1 aromatic carbocycles. The highest BCUT2D eigenvalue weighted by Crippen LogP contribution is 2.16. The van der Waals surface area contributed by atoms with Crippen LogP contribution in [0.15, 0.2) is 35.2 Å². The molecule has 1 saturated heterocycles. The molecule has 2 amide bonds. The van der Waals surface area contributed by atoms with Crippen molar-refractivity contribution in [1.29, 1.82) is 0 Å². The molecule has 0 aliphatic carbocycles. The van der Waals surface area contributed by atoms with Crippen LogP contribution >= 0.6 is 0 Å². The Morgan fingerprint density at radius 3 is 2.55 bits per heavy atom. The quantitative estimate of drug-likeness (QED) is 0.823. The fourth-order valence-corrected chi connectivity index (χ4v) is 3.47. The Kier molecular flexibility index (Phi) is 5.02. The molecule has 2 rings (SSSR count). The maximum atomic E-state index is 12.0. The van der Waals surface area contributed by atoms with Gasteiger partial charge in [-0.05, 0) is 18.6 Å². The van der Waals surface area contributed by atoms with Gasteiger partial charge in [-0.1, -0.05) is 18.2 Å². The van der Waals surface area contributed by atoms with Crippen LogP contribution in [0.25, 0.3) is 0 Å². The molecule has 1 aromatic rings. The largest absolute Gasteiger partial charge is 0.481 e. The molecule has 8 heteroatoms. The van der Waals surface area contributed by atoms with Gasteiger partial charge in [-0.15, -0.1) is 0 Å². The third kappa shape index (κ3) is 3.97. The van der Waals surface area contributed by atoms with Gasteiger partial charge >= 0.3 is 12.0 Å². The monoisotopic (exact) mass is 326 g/mol. The Bertz CT molecular complexity index is 644. The Morgan fingerprint density at radius 2 is 1.95 bits per heavy atom. The van der Waals surface area contributed by atoms with Gasteiger partial charge in [-0.25, -0.2) is 13.2 Å². The summed E-state index contributed by atoms with van der Waals surface area (Å²) in [6.07, 6.45) is 0.422. The minimum absolute atomic E-state index is 0.00962. The molecule has 0 saturated carbocycles. The number of nitrogens with one attached hydrogen (secondary N) is 1. The predicted molar refractivity (Wildman–Crippen MR) is 79.2 cm³/mol.